The maximum Gasteiger partial charge on any atom is 0.272 e. The monoisotopic (exact) mass is 248 g/mol. The summed E-state index contributed by atoms with van der Waals surface area (Å²) >= 11 is 0. The highest BCUT2D eigenvalue weighted by Crippen LogP contribution is 2.18. The number of aromatic nitrogens is 2. The number of hydrogen-bond donors (Lipinski definition) is 3. The number of benzene rings is 1. The standard InChI is InChI=1S/C12H16N4O2/c1-18-6-2-5-14-12(17)11-9-7-8(13)3-4-10(9)15-16-11/h3-4,7H,2,5-6,13H2,1H3,(H,14,17)(H,15,16). The predicted octanol–water partition coefficient (Wildman–Crippen LogP) is 0.911. The van der Waals surface area contributed by atoms with E-state index in [0.29, 0.717) is 24.5 Å². The van der Waals surface area contributed by atoms with Crippen LogP contribution in [0, 0.1) is 0 Å². The van der Waals surface area contributed by atoms with E-state index in [0.717, 1.165) is 17.3 Å². The average molecular weight is 248 g/mol. The summed E-state index contributed by atoms with van der Waals surface area (Å²) in [7, 11) is 1.63. The molecular weight excluding hydrogens is 232 g/mol. The highest BCUT2D eigenvalue weighted by molar-refractivity contribution is 6.05. The lowest BCUT2D eigenvalue weighted by Gasteiger charge is -2.02. The summed E-state index contributed by atoms with van der Waals surface area (Å²) in [6, 6.07) is 5.31. The van der Waals surface area contributed by atoms with Gasteiger partial charge in [0, 0.05) is 31.3 Å². The van der Waals surface area contributed by atoms with Crippen LogP contribution in [0.25, 0.3) is 10.9 Å². The first-order chi connectivity index (χ1) is 8.72. The number of hydrogen-bond acceptors (Lipinski definition) is 4. The zero-order valence-electron chi connectivity index (χ0n) is 10.2. The Morgan fingerprint density at radius 2 is 2.39 bits per heavy atom. The van der Waals surface area contributed by atoms with Crippen molar-refractivity contribution in [3.05, 3.63) is 23.9 Å². The number of anilines is 1. The minimum Gasteiger partial charge on any atom is -0.399 e. The van der Waals surface area contributed by atoms with Crippen LogP contribution in [0.5, 0.6) is 0 Å². The Morgan fingerprint density at radius 1 is 1.56 bits per heavy atom. The van der Waals surface area contributed by atoms with Crippen LogP contribution in [0.2, 0.25) is 0 Å². The number of nitrogens with two attached hydrogens (primary N) is 1. The first-order valence-electron chi connectivity index (χ1n) is 5.73. The first kappa shape index (κ1) is 12.4. The molecule has 0 aliphatic heterocycles. The number of aromatic amines is 1. The molecule has 18 heavy (non-hydrogen) atoms. The van der Waals surface area contributed by atoms with Crippen molar-refractivity contribution in [3.8, 4) is 0 Å². The number of fused-ring (bicyclic) bond motifs is 1. The summed E-state index contributed by atoms with van der Waals surface area (Å²) in [6.45, 7) is 1.18. The number of nitrogens with zero attached hydrogens (tertiary/aromatic N) is 1. The molecule has 0 spiro atoms. The second-order valence-corrected chi connectivity index (χ2v) is 3.98. The van der Waals surface area contributed by atoms with Crippen molar-refractivity contribution in [2.75, 3.05) is 26.0 Å². The summed E-state index contributed by atoms with van der Waals surface area (Å²) in [5, 5.41) is 10.3. The molecule has 2 rings (SSSR count). The highest BCUT2D eigenvalue weighted by Gasteiger charge is 2.13. The fourth-order valence-corrected chi connectivity index (χ4v) is 1.71. The Kier molecular flexibility index (Phi) is 3.78. The molecule has 1 aromatic carbocycles. The van der Waals surface area contributed by atoms with Crippen molar-refractivity contribution >= 4 is 22.5 Å². The zero-order valence-corrected chi connectivity index (χ0v) is 10.2. The van der Waals surface area contributed by atoms with E-state index >= 15 is 0 Å². The smallest absolute Gasteiger partial charge is 0.272 e. The number of methoxy groups -OCH3 is 1. The quantitative estimate of drug-likeness (QED) is 0.541. The normalized spacial score (nSPS) is 10.7. The van der Waals surface area contributed by atoms with Crippen LogP contribution in [-0.4, -0.2) is 36.4 Å². The molecule has 0 fully saturated rings. The highest BCUT2D eigenvalue weighted by atomic mass is 16.5. The van der Waals surface area contributed by atoms with Gasteiger partial charge in [-0.3, -0.25) is 9.89 Å². The van der Waals surface area contributed by atoms with Gasteiger partial charge in [-0.1, -0.05) is 0 Å². The Balaban J connectivity index is 2.10. The van der Waals surface area contributed by atoms with Gasteiger partial charge in [0.1, 0.15) is 0 Å². The number of H-pyrrole nitrogens is 1. The van der Waals surface area contributed by atoms with E-state index in [9.17, 15) is 4.79 Å². The second kappa shape index (κ2) is 5.50. The van der Waals surface area contributed by atoms with E-state index in [1.165, 1.54) is 0 Å². The van der Waals surface area contributed by atoms with Crippen molar-refractivity contribution in [2.24, 2.45) is 0 Å². The van der Waals surface area contributed by atoms with Gasteiger partial charge in [0.25, 0.3) is 5.91 Å². The third-order valence-electron chi connectivity index (χ3n) is 2.61. The topological polar surface area (TPSA) is 93.0 Å². The number of rotatable bonds is 5. The number of nitrogen functional groups attached to an aromatic ring is 1. The zero-order chi connectivity index (χ0) is 13.0. The largest absolute Gasteiger partial charge is 0.399 e. The van der Waals surface area contributed by atoms with Gasteiger partial charge >= 0.3 is 0 Å². The maximum atomic E-state index is 11.9. The van der Waals surface area contributed by atoms with Gasteiger partial charge in [0.05, 0.1) is 5.52 Å². The maximum absolute atomic E-state index is 11.9. The van der Waals surface area contributed by atoms with Gasteiger partial charge in [-0.25, -0.2) is 0 Å². The SMILES string of the molecule is COCCCNC(=O)c1n[nH]c2ccc(N)cc12. The Morgan fingerprint density at radius 3 is 3.17 bits per heavy atom. The Bertz CT molecular complexity index is 550. The lowest BCUT2D eigenvalue weighted by Crippen LogP contribution is -2.25. The summed E-state index contributed by atoms with van der Waals surface area (Å²) in [5.74, 6) is -0.206. The van der Waals surface area contributed by atoms with Gasteiger partial charge < -0.3 is 15.8 Å². The number of nitrogens with one attached hydrogen (secondary N) is 2. The van der Waals surface area contributed by atoms with E-state index in [-0.39, 0.29) is 5.91 Å². The molecule has 0 unspecified atom stereocenters. The summed E-state index contributed by atoms with van der Waals surface area (Å²) < 4.78 is 4.91. The van der Waals surface area contributed by atoms with E-state index in [2.05, 4.69) is 15.5 Å². The number of amides is 1. The molecule has 1 heterocycles. The number of carbonyl (C=O) groups is 1. The number of ether oxygens (including phenoxy) is 1. The van der Waals surface area contributed by atoms with Crippen LogP contribution in [0.4, 0.5) is 5.69 Å². The number of carbonyl (C=O) groups excluding carboxylic acids is 1. The lowest BCUT2D eigenvalue weighted by atomic mass is 10.2. The Hall–Kier alpha value is -2.08. The van der Waals surface area contributed by atoms with Gasteiger partial charge in [-0.2, -0.15) is 5.10 Å². The fraction of sp³-hybridized carbons (Fsp3) is 0.333. The molecule has 0 atom stereocenters. The molecule has 6 heteroatoms. The minimum atomic E-state index is -0.206. The molecule has 0 bridgehead atoms. The molecule has 96 valence electrons. The van der Waals surface area contributed by atoms with Crippen LogP contribution >= 0.6 is 0 Å². The van der Waals surface area contributed by atoms with E-state index in [1.54, 1.807) is 25.3 Å². The van der Waals surface area contributed by atoms with Crippen molar-refractivity contribution < 1.29 is 9.53 Å². The molecular formula is C12H16N4O2. The van der Waals surface area contributed by atoms with Crippen molar-refractivity contribution in [1.82, 2.24) is 15.5 Å². The molecule has 2 aromatic rings. The van der Waals surface area contributed by atoms with E-state index in [1.807, 2.05) is 0 Å². The second-order valence-electron chi connectivity index (χ2n) is 3.98. The van der Waals surface area contributed by atoms with Gasteiger partial charge in [-0.05, 0) is 24.6 Å². The van der Waals surface area contributed by atoms with Crippen LogP contribution in [0.15, 0.2) is 18.2 Å². The van der Waals surface area contributed by atoms with E-state index < -0.39 is 0 Å². The molecule has 1 amide bonds. The molecule has 0 radical (unpaired) electrons. The van der Waals surface area contributed by atoms with Crippen molar-refractivity contribution in [3.63, 3.8) is 0 Å². The molecule has 6 nitrogen and oxygen atoms in total. The molecule has 0 aliphatic carbocycles. The Labute approximate surface area is 104 Å². The minimum absolute atomic E-state index is 0.206. The summed E-state index contributed by atoms with van der Waals surface area (Å²) in [5.41, 5.74) is 7.48. The third-order valence-corrected chi connectivity index (χ3v) is 2.61. The summed E-state index contributed by atoms with van der Waals surface area (Å²) in [4.78, 5) is 11.9. The molecule has 0 saturated heterocycles. The first-order valence-corrected chi connectivity index (χ1v) is 5.73. The van der Waals surface area contributed by atoms with Crippen LogP contribution in [-0.2, 0) is 4.74 Å². The van der Waals surface area contributed by atoms with Gasteiger partial charge in [0.15, 0.2) is 5.69 Å². The molecule has 1 aromatic heterocycles. The molecule has 0 aliphatic rings. The summed E-state index contributed by atoms with van der Waals surface area (Å²) in [6.07, 6.45) is 0.771. The molecule has 0 saturated carbocycles. The van der Waals surface area contributed by atoms with Crippen LogP contribution in [0.3, 0.4) is 0 Å². The van der Waals surface area contributed by atoms with Gasteiger partial charge in [-0.15, -0.1) is 0 Å². The van der Waals surface area contributed by atoms with E-state index in [4.69, 9.17) is 10.5 Å². The predicted molar refractivity (Wildman–Crippen MR) is 69.3 cm³/mol. The third kappa shape index (κ3) is 2.60. The fourth-order valence-electron chi connectivity index (χ4n) is 1.71. The van der Waals surface area contributed by atoms with Crippen molar-refractivity contribution in [1.29, 1.82) is 0 Å². The van der Waals surface area contributed by atoms with Gasteiger partial charge in [0.2, 0.25) is 0 Å². The average Bonchev–Trinajstić information content (AvgIpc) is 2.77. The lowest BCUT2D eigenvalue weighted by molar-refractivity contribution is 0.0945. The van der Waals surface area contributed by atoms with Crippen LogP contribution in [0.1, 0.15) is 16.9 Å². The van der Waals surface area contributed by atoms with Crippen LogP contribution < -0.4 is 11.1 Å². The van der Waals surface area contributed by atoms with Crippen molar-refractivity contribution in [2.45, 2.75) is 6.42 Å². The molecule has 4 N–H and O–H groups in total.